The molecule has 1 aliphatic carbocycles. The van der Waals surface area contributed by atoms with Crippen LogP contribution in [0.25, 0.3) is 0 Å². The van der Waals surface area contributed by atoms with Crippen molar-refractivity contribution in [3.05, 3.63) is 12.7 Å². The molecule has 2 rings (SSSR count). The molecule has 1 saturated heterocycles. The predicted octanol–water partition coefficient (Wildman–Crippen LogP) is 2.75. The third-order valence-corrected chi connectivity index (χ3v) is 5.16. The van der Waals surface area contributed by atoms with Gasteiger partial charge in [-0.2, -0.15) is 11.8 Å². The van der Waals surface area contributed by atoms with Crippen molar-refractivity contribution in [1.82, 2.24) is 10.2 Å². The van der Waals surface area contributed by atoms with Crippen molar-refractivity contribution in [3.8, 4) is 0 Å². The Balaban J connectivity index is 1.81. The summed E-state index contributed by atoms with van der Waals surface area (Å²) in [5, 5.41) is 3.45. The lowest BCUT2D eigenvalue weighted by atomic mass is 9.68. The number of thioether (sulfide) groups is 1. The second-order valence-corrected chi connectivity index (χ2v) is 6.77. The highest BCUT2D eigenvalue weighted by Gasteiger charge is 2.43. The Bertz CT molecular complexity index is 323. The topological polar surface area (TPSA) is 27.6 Å². The average molecular weight is 281 g/mol. The van der Waals surface area contributed by atoms with Gasteiger partial charge in [0.15, 0.2) is 5.96 Å². The lowest BCUT2D eigenvalue weighted by Gasteiger charge is -2.38. The van der Waals surface area contributed by atoms with Crippen molar-refractivity contribution < 1.29 is 0 Å². The van der Waals surface area contributed by atoms with Gasteiger partial charge in [-0.3, -0.25) is 4.99 Å². The molecule has 0 atom stereocenters. The van der Waals surface area contributed by atoms with E-state index < -0.39 is 0 Å². The molecule has 1 spiro atoms. The van der Waals surface area contributed by atoms with Crippen molar-refractivity contribution in [2.75, 3.05) is 37.7 Å². The third kappa shape index (κ3) is 3.91. The zero-order valence-corrected chi connectivity index (χ0v) is 13.0. The van der Waals surface area contributed by atoms with E-state index in [-0.39, 0.29) is 0 Å². The Morgan fingerprint density at radius 1 is 1.47 bits per heavy atom. The van der Waals surface area contributed by atoms with Crippen LogP contribution in [0.15, 0.2) is 17.6 Å². The molecule has 0 aromatic carbocycles. The fourth-order valence-corrected chi connectivity index (χ4v) is 3.56. The highest BCUT2D eigenvalue weighted by atomic mass is 32.2. The molecule has 2 fully saturated rings. The van der Waals surface area contributed by atoms with Gasteiger partial charge in [-0.05, 0) is 31.6 Å². The molecule has 1 heterocycles. The van der Waals surface area contributed by atoms with Crippen molar-refractivity contribution >= 4 is 17.7 Å². The zero-order chi connectivity index (χ0) is 13.6. The van der Waals surface area contributed by atoms with E-state index in [0.29, 0.717) is 5.41 Å². The standard InChI is InChI=1S/C15H27N3S/c1-3-11-19-12-9-17-14(16-4-2)18-10-8-15(13-18)6-5-7-15/h3H,1,4-13H2,2H3,(H,16,17). The first-order valence-corrected chi connectivity index (χ1v) is 8.67. The molecular formula is C15H27N3S. The van der Waals surface area contributed by atoms with Crippen LogP contribution in [0.2, 0.25) is 0 Å². The van der Waals surface area contributed by atoms with Gasteiger partial charge in [-0.25, -0.2) is 0 Å². The summed E-state index contributed by atoms with van der Waals surface area (Å²) in [6.45, 7) is 10.2. The predicted molar refractivity (Wildman–Crippen MR) is 86.0 cm³/mol. The van der Waals surface area contributed by atoms with Crippen LogP contribution in [0.4, 0.5) is 0 Å². The third-order valence-electron chi connectivity index (χ3n) is 4.22. The summed E-state index contributed by atoms with van der Waals surface area (Å²) >= 11 is 1.90. The van der Waals surface area contributed by atoms with Gasteiger partial charge in [0.2, 0.25) is 0 Å². The smallest absolute Gasteiger partial charge is 0.193 e. The van der Waals surface area contributed by atoms with Crippen LogP contribution in [0.3, 0.4) is 0 Å². The van der Waals surface area contributed by atoms with E-state index in [0.717, 1.165) is 30.6 Å². The van der Waals surface area contributed by atoms with Gasteiger partial charge in [0.25, 0.3) is 0 Å². The van der Waals surface area contributed by atoms with Gasteiger partial charge in [-0.1, -0.05) is 12.5 Å². The number of nitrogens with zero attached hydrogens (tertiary/aromatic N) is 2. The second-order valence-electron chi connectivity index (χ2n) is 5.62. The van der Waals surface area contributed by atoms with E-state index in [4.69, 9.17) is 4.99 Å². The summed E-state index contributed by atoms with van der Waals surface area (Å²) < 4.78 is 0. The molecule has 0 aromatic rings. The Labute approximate surface area is 121 Å². The maximum Gasteiger partial charge on any atom is 0.193 e. The van der Waals surface area contributed by atoms with Gasteiger partial charge < -0.3 is 10.2 Å². The van der Waals surface area contributed by atoms with Crippen molar-refractivity contribution in [2.24, 2.45) is 10.4 Å². The summed E-state index contributed by atoms with van der Waals surface area (Å²) in [4.78, 5) is 7.24. The molecule has 1 saturated carbocycles. The molecule has 19 heavy (non-hydrogen) atoms. The van der Waals surface area contributed by atoms with Crippen LogP contribution in [0.5, 0.6) is 0 Å². The molecule has 0 amide bonds. The Morgan fingerprint density at radius 3 is 2.89 bits per heavy atom. The van der Waals surface area contributed by atoms with Crippen LogP contribution in [0.1, 0.15) is 32.6 Å². The molecule has 0 radical (unpaired) electrons. The summed E-state index contributed by atoms with van der Waals surface area (Å²) in [5.41, 5.74) is 0.647. The first kappa shape index (κ1) is 14.8. The van der Waals surface area contributed by atoms with Crippen molar-refractivity contribution in [3.63, 3.8) is 0 Å². The van der Waals surface area contributed by atoms with Gasteiger partial charge in [0.05, 0.1) is 6.54 Å². The molecular weight excluding hydrogens is 254 g/mol. The number of guanidine groups is 1. The summed E-state index contributed by atoms with van der Waals surface area (Å²) in [6.07, 6.45) is 7.61. The van der Waals surface area contributed by atoms with Crippen LogP contribution in [-0.2, 0) is 0 Å². The first-order chi connectivity index (χ1) is 9.29. The van der Waals surface area contributed by atoms with E-state index in [9.17, 15) is 0 Å². The van der Waals surface area contributed by atoms with Gasteiger partial charge >= 0.3 is 0 Å². The Morgan fingerprint density at radius 2 is 2.32 bits per heavy atom. The minimum atomic E-state index is 0.647. The first-order valence-electron chi connectivity index (χ1n) is 7.51. The number of rotatable bonds is 6. The van der Waals surface area contributed by atoms with E-state index in [2.05, 4.69) is 23.7 Å². The molecule has 108 valence electrons. The fourth-order valence-electron chi connectivity index (χ4n) is 3.01. The second kappa shape index (κ2) is 7.22. The molecule has 1 N–H and O–H groups in total. The van der Waals surface area contributed by atoms with Crippen molar-refractivity contribution in [2.45, 2.75) is 32.6 Å². The van der Waals surface area contributed by atoms with E-state index in [1.807, 2.05) is 17.8 Å². The number of hydrogen-bond acceptors (Lipinski definition) is 2. The highest BCUT2D eigenvalue weighted by molar-refractivity contribution is 7.99. The van der Waals surface area contributed by atoms with Gasteiger partial charge in [0.1, 0.15) is 0 Å². The number of hydrogen-bond donors (Lipinski definition) is 1. The minimum absolute atomic E-state index is 0.647. The molecule has 1 aliphatic heterocycles. The fraction of sp³-hybridized carbons (Fsp3) is 0.800. The van der Waals surface area contributed by atoms with Gasteiger partial charge in [0, 0.05) is 31.1 Å². The summed E-state index contributed by atoms with van der Waals surface area (Å²) in [6, 6.07) is 0. The monoisotopic (exact) mass is 281 g/mol. The highest BCUT2D eigenvalue weighted by Crippen LogP contribution is 2.47. The molecule has 0 aromatic heterocycles. The van der Waals surface area contributed by atoms with Crippen LogP contribution in [-0.4, -0.2) is 48.5 Å². The summed E-state index contributed by atoms with van der Waals surface area (Å²) in [7, 11) is 0. The van der Waals surface area contributed by atoms with Gasteiger partial charge in [-0.15, -0.1) is 6.58 Å². The maximum absolute atomic E-state index is 4.77. The molecule has 0 bridgehead atoms. The molecule has 2 aliphatic rings. The van der Waals surface area contributed by atoms with Crippen LogP contribution < -0.4 is 5.32 Å². The number of likely N-dealkylation sites (tertiary alicyclic amines) is 1. The molecule has 3 nitrogen and oxygen atoms in total. The zero-order valence-electron chi connectivity index (χ0n) is 12.2. The van der Waals surface area contributed by atoms with E-state index in [1.54, 1.807) is 0 Å². The lowest BCUT2D eigenvalue weighted by Crippen LogP contribution is -2.42. The van der Waals surface area contributed by atoms with E-state index >= 15 is 0 Å². The van der Waals surface area contributed by atoms with Crippen molar-refractivity contribution in [1.29, 1.82) is 0 Å². The largest absolute Gasteiger partial charge is 0.357 e. The van der Waals surface area contributed by atoms with E-state index in [1.165, 1.54) is 38.8 Å². The Hall–Kier alpha value is -0.640. The lowest BCUT2D eigenvalue weighted by molar-refractivity contribution is 0.151. The minimum Gasteiger partial charge on any atom is -0.357 e. The number of aliphatic imine (C=N–C) groups is 1. The molecule has 4 heteroatoms. The van der Waals surface area contributed by atoms with Crippen LogP contribution >= 0.6 is 11.8 Å². The summed E-state index contributed by atoms with van der Waals surface area (Å²) in [5.74, 6) is 3.24. The normalized spacial score (nSPS) is 21.5. The Kier molecular flexibility index (Phi) is 5.61. The maximum atomic E-state index is 4.77. The van der Waals surface area contributed by atoms with Crippen LogP contribution in [0, 0.1) is 5.41 Å². The SMILES string of the molecule is C=CCSCCN=C(NCC)N1CCC2(CCC2)C1. The quantitative estimate of drug-likeness (QED) is 0.351. The number of nitrogens with one attached hydrogen (secondary N) is 1. The average Bonchev–Trinajstić information content (AvgIpc) is 2.82. The molecule has 0 unspecified atom stereocenters.